The molecule has 0 spiro atoms. The van der Waals surface area contributed by atoms with Crippen LogP contribution in [0.15, 0.2) is 43.6 Å². The number of hydrogen-bond acceptors (Lipinski definition) is 20. The zero-order valence-corrected chi connectivity index (χ0v) is 41.3. The van der Waals surface area contributed by atoms with Crippen molar-refractivity contribution in [2.24, 2.45) is 0 Å². The molecular weight excluding hydrogens is 933 g/mol. The Morgan fingerprint density at radius 2 is 0.824 bits per heavy atom. The molecule has 0 aliphatic carbocycles. The fourth-order valence-electron chi connectivity index (χ4n) is 5.82. The maximum absolute atomic E-state index is 11.5. The van der Waals surface area contributed by atoms with E-state index < -0.39 is 30.5 Å². The molecule has 7 rings (SSSR count). The van der Waals surface area contributed by atoms with Gasteiger partial charge in [0.2, 0.25) is 12.6 Å². The van der Waals surface area contributed by atoms with Gasteiger partial charge in [0.25, 0.3) is 11.8 Å². The number of hydrogen-bond donors (Lipinski definition) is 0. The molecule has 5 aromatic heterocycles. The number of ether oxygens (including phenoxy) is 7. The normalized spacial score (nSPS) is 12.9. The van der Waals surface area contributed by atoms with Gasteiger partial charge in [0.1, 0.15) is 34.0 Å². The first kappa shape index (κ1) is 55.8. The van der Waals surface area contributed by atoms with Gasteiger partial charge in [-0.15, -0.1) is 22.7 Å². The molecule has 2 aliphatic rings. The van der Waals surface area contributed by atoms with Crippen LogP contribution in [0, 0.1) is 34.6 Å². The van der Waals surface area contributed by atoms with E-state index in [9.17, 15) is 38.4 Å². The molecule has 68 heavy (non-hydrogen) atoms. The van der Waals surface area contributed by atoms with E-state index >= 15 is 0 Å². The lowest BCUT2D eigenvalue weighted by Crippen LogP contribution is -2.21. The van der Waals surface area contributed by atoms with Gasteiger partial charge in [-0.1, -0.05) is 0 Å². The van der Waals surface area contributed by atoms with Crippen LogP contribution in [0.2, 0.25) is 0 Å². The Kier molecular flexibility index (Phi) is 21.9. The van der Waals surface area contributed by atoms with E-state index in [0.29, 0.717) is 99.1 Å². The minimum atomic E-state index is -0.498. The van der Waals surface area contributed by atoms with Gasteiger partial charge in [0.15, 0.2) is 36.1 Å². The summed E-state index contributed by atoms with van der Waals surface area (Å²) >= 11 is 2.69. The third-order valence-electron chi connectivity index (χ3n) is 9.23. The highest BCUT2D eigenvalue weighted by molar-refractivity contribution is 7.14. The summed E-state index contributed by atoms with van der Waals surface area (Å²) in [7, 11) is 10.7. The number of methoxy groups -OCH3 is 3. The lowest BCUT2D eigenvalue weighted by atomic mass is 10.2. The summed E-state index contributed by atoms with van der Waals surface area (Å²) in [5.41, 5.74) is 2.35. The molecule has 7 heterocycles. The van der Waals surface area contributed by atoms with Crippen LogP contribution >= 0.6 is 22.7 Å². The second kappa shape index (κ2) is 26.7. The molecule has 0 saturated carbocycles. The largest absolute Gasteiger partial charge is 0.465 e. The third-order valence-corrected chi connectivity index (χ3v) is 11.2. The Hall–Kier alpha value is -6.56. The van der Waals surface area contributed by atoms with Gasteiger partial charge in [-0.3, -0.25) is 24.0 Å². The molecule has 0 radical (unpaired) electrons. The highest BCUT2D eigenvalue weighted by atomic mass is 32.1. The van der Waals surface area contributed by atoms with Crippen LogP contribution in [-0.2, 0) is 33.2 Å². The Morgan fingerprint density at radius 3 is 1.09 bits per heavy atom. The standard InChI is InChI=1S/2C10H12O5.2C9H11NO2S.C8H8O4/c2*1-6-7(9(11)12-2)5-8(15-6)10-13-3-4-14-10;2*1-6-8(9(12)10(2)3)4-7(5-11)13-6;1-5-7(8(10)11-2)3-6(4-9)12-5/h2*5,10H,3-4H2,1-2H3;2*4-5H,1-3H3;3-4H,1-2H3. The van der Waals surface area contributed by atoms with Gasteiger partial charge >= 0.3 is 17.9 Å². The van der Waals surface area contributed by atoms with Crippen LogP contribution < -0.4 is 0 Å². The van der Waals surface area contributed by atoms with Crippen molar-refractivity contribution in [3.8, 4) is 0 Å². The molecule has 20 nitrogen and oxygen atoms in total. The Balaban J connectivity index is 0.000000226. The first-order valence-corrected chi connectivity index (χ1v) is 21.9. The molecule has 0 bridgehead atoms. The van der Waals surface area contributed by atoms with Crippen molar-refractivity contribution in [2.75, 3.05) is 75.9 Å². The van der Waals surface area contributed by atoms with Crippen LogP contribution in [0.25, 0.3) is 0 Å². The average molecular weight is 987 g/mol. The molecule has 368 valence electrons. The number of amides is 2. The lowest BCUT2D eigenvalue weighted by molar-refractivity contribution is -0.0593. The zero-order chi connectivity index (χ0) is 50.8. The van der Waals surface area contributed by atoms with Gasteiger partial charge in [-0.05, 0) is 58.9 Å². The molecule has 2 amide bonds. The van der Waals surface area contributed by atoms with E-state index in [4.69, 9.17) is 32.2 Å². The monoisotopic (exact) mass is 986 g/mol. The van der Waals surface area contributed by atoms with Crippen LogP contribution in [0.5, 0.6) is 0 Å². The Morgan fingerprint density at radius 1 is 0.500 bits per heavy atom. The van der Waals surface area contributed by atoms with E-state index in [1.165, 1.54) is 59.9 Å². The SMILES string of the molecule is COC(=O)c1cc(C2OCCO2)oc1C.COC(=O)c1cc(C2OCCO2)oc1C.COC(=O)c1cc(C=O)oc1C.Cc1sc(C=O)cc1C(=O)N(C)C.Cc1sc(C=O)cc1C(=O)N(C)C. The minimum absolute atomic E-state index is 0.0538. The van der Waals surface area contributed by atoms with E-state index in [1.54, 1.807) is 73.2 Å². The zero-order valence-electron chi connectivity index (χ0n) is 39.7. The predicted molar refractivity (Wildman–Crippen MR) is 244 cm³/mol. The number of thiophene rings is 2. The number of aldehydes is 3. The fourth-order valence-corrected chi connectivity index (χ4v) is 7.49. The number of carbonyl (C=O) groups excluding carboxylic acids is 8. The van der Waals surface area contributed by atoms with Gasteiger partial charge in [0, 0.05) is 44.0 Å². The summed E-state index contributed by atoms with van der Waals surface area (Å²) in [6.07, 6.45) is 1.08. The van der Waals surface area contributed by atoms with E-state index in [2.05, 4.69) is 14.2 Å². The molecule has 0 atom stereocenters. The Bertz CT molecular complexity index is 2390. The smallest absolute Gasteiger partial charge is 0.341 e. The molecule has 2 fully saturated rings. The molecule has 2 saturated heterocycles. The van der Waals surface area contributed by atoms with Crippen molar-refractivity contribution < 1.29 is 84.8 Å². The highest BCUT2D eigenvalue weighted by Gasteiger charge is 2.27. The summed E-state index contributed by atoms with van der Waals surface area (Å²) in [6.45, 7) is 10.8. The number of aryl methyl sites for hydroxylation is 5. The summed E-state index contributed by atoms with van der Waals surface area (Å²) in [4.78, 5) is 93.7. The van der Waals surface area contributed by atoms with Crippen LogP contribution in [0.4, 0.5) is 0 Å². The Labute approximate surface area is 399 Å². The molecule has 5 aromatic rings. The second-order valence-corrected chi connectivity index (χ2v) is 17.0. The summed E-state index contributed by atoms with van der Waals surface area (Å²) in [5.74, 6) is 1.12. The van der Waals surface area contributed by atoms with Crippen molar-refractivity contribution in [1.29, 1.82) is 0 Å². The molecule has 2 aliphatic heterocycles. The molecule has 0 unspecified atom stereocenters. The maximum atomic E-state index is 11.5. The maximum Gasteiger partial charge on any atom is 0.341 e. The quantitative estimate of drug-likeness (QED) is 0.0764. The molecule has 0 N–H and O–H groups in total. The van der Waals surface area contributed by atoms with E-state index in [-0.39, 0.29) is 17.6 Å². The second-order valence-electron chi connectivity index (χ2n) is 14.5. The van der Waals surface area contributed by atoms with Gasteiger partial charge in [-0.25, -0.2) is 14.4 Å². The first-order valence-electron chi connectivity index (χ1n) is 20.3. The van der Waals surface area contributed by atoms with Gasteiger partial charge in [0.05, 0.1) is 68.6 Å². The summed E-state index contributed by atoms with van der Waals surface area (Å²) in [5, 5.41) is 0. The van der Waals surface area contributed by atoms with Gasteiger partial charge < -0.3 is 56.2 Å². The van der Waals surface area contributed by atoms with Crippen molar-refractivity contribution in [3.05, 3.63) is 112 Å². The van der Waals surface area contributed by atoms with Crippen molar-refractivity contribution >= 4 is 71.3 Å². The number of esters is 3. The molecule has 0 aromatic carbocycles. The van der Waals surface area contributed by atoms with Crippen molar-refractivity contribution in [1.82, 2.24) is 9.80 Å². The number of rotatable bonds is 10. The van der Waals surface area contributed by atoms with Crippen molar-refractivity contribution in [3.63, 3.8) is 0 Å². The van der Waals surface area contributed by atoms with E-state index in [1.807, 2.05) is 13.8 Å². The predicted octanol–water partition coefficient (Wildman–Crippen LogP) is 7.17. The third kappa shape index (κ3) is 15.2. The number of nitrogens with zero attached hydrogens (tertiary/aromatic N) is 2. The van der Waals surface area contributed by atoms with Crippen molar-refractivity contribution in [2.45, 2.75) is 47.2 Å². The minimum Gasteiger partial charge on any atom is -0.465 e. The number of carbonyl (C=O) groups is 8. The van der Waals surface area contributed by atoms with Crippen LogP contribution in [0.1, 0.15) is 133 Å². The fraction of sp³-hybridized carbons (Fsp3) is 0.391. The van der Waals surface area contributed by atoms with Crippen LogP contribution in [-0.4, -0.2) is 134 Å². The summed E-state index contributed by atoms with van der Waals surface area (Å²) < 4.78 is 50.4. The first-order chi connectivity index (χ1) is 32.2. The molecular formula is C46H54N2O18S2. The van der Waals surface area contributed by atoms with Gasteiger partial charge in [-0.2, -0.15) is 0 Å². The van der Waals surface area contributed by atoms with Crippen LogP contribution in [0.3, 0.4) is 0 Å². The lowest BCUT2D eigenvalue weighted by Gasteiger charge is -2.08. The topological polar surface area (TPSA) is 247 Å². The summed E-state index contributed by atoms with van der Waals surface area (Å²) in [6, 6.07) is 7.81. The average Bonchev–Trinajstić information content (AvgIpc) is 4.19. The number of furan rings is 3. The van der Waals surface area contributed by atoms with E-state index in [0.717, 1.165) is 22.3 Å². The highest BCUT2D eigenvalue weighted by Crippen LogP contribution is 2.29. The molecule has 22 heteroatoms.